The Morgan fingerprint density at radius 2 is 1.65 bits per heavy atom. The fraction of sp³-hybridized carbons (Fsp3) is 0.571. The molecule has 114 valence electrons. The van der Waals surface area contributed by atoms with Gasteiger partial charge in [0, 0.05) is 20.6 Å². The van der Waals surface area contributed by atoms with Gasteiger partial charge in [0.1, 0.15) is 0 Å². The molecule has 0 unspecified atom stereocenters. The second-order valence-corrected chi connectivity index (χ2v) is 7.17. The van der Waals surface area contributed by atoms with Crippen molar-refractivity contribution < 1.29 is 8.42 Å². The van der Waals surface area contributed by atoms with Crippen molar-refractivity contribution >= 4 is 15.9 Å². The van der Waals surface area contributed by atoms with Crippen LogP contribution in [-0.2, 0) is 10.2 Å². The predicted octanol–water partition coefficient (Wildman–Crippen LogP) is 1.53. The second kappa shape index (κ2) is 7.06. The van der Waals surface area contributed by atoms with Gasteiger partial charge in [-0.1, -0.05) is 6.07 Å². The number of hydrogen-bond acceptors (Lipinski definition) is 3. The molecule has 6 heteroatoms. The van der Waals surface area contributed by atoms with Crippen LogP contribution < -0.4 is 9.62 Å². The highest BCUT2D eigenvalue weighted by Gasteiger charge is 2.23. The van der Waals surface area contributed by atoms with Gasteiger partial charge >= 0.3 is 10.2 Å². The van der Waals surface area contributed by atoms with Gasteiger partial charge in [-0.3, -0.25) is 4.31 Å². The van der Waals surface area contributed by atoms with Crippen LogP contribution in [0.1, 0.15) is 17.5 Å². The number of rotatable bonds is 7. The van der Waals surface area contributed by atoms with Gasteiger partial charge in [-0.05, 0) is 57.1 Å². The molecule has 1 N–H and O–H groups in total. The first-order chi connectivity index (χ1) is 9.28. The summed E-state index contributed by atoms with van der Waals surface area (Å²) in [5, 5.41) is 3.02. The molecule has 0 saturated carbocycles. The van der Waals surface area contributed by atoms with Crippen molar-refractivity contribution in [2.45, 2.75) is 20.3 Å². The van der Waals surface area contributed by atoms with Crippen LogP contribution in [-0.4, -0.2) is 47.0 Å². The Hall–Kier alpha value is -1.11. The van der Waals surface area contributed by atoms with Crippen molar-refractivity contribution in [1.29, 1.82) is 0 Å². The van der Waals surface area contributed by atoms with Crippen LogP contribution >= 0.6 is 0 Å². The summed E-state index contributed by atoms with van der Waals surface area (Å²) in [5.74, 6) is 0. The Kier molecular flexibility index (Phi) is 5.98. The summed E-state index contributed by atoms with van der Waals surface area (Å²) < 4.78 is 27.7. The number of anilines is 1. The molecule has 1 aromatic carbocycles. The maximum Gasteiger partial charge on any atom is 0.303 e. The second-order valence-electron chi connectivity index (χ2n) is 5.10. The van der Waals surface area contributed by atoms with E-state index in [1.54, 1.807) is 14.1 Å². The van der Waals surface area contributed by atoms with E-state index in [1.165, 1.54) is 8.61 Å². The Bertz CT molecular complexity index is 523. The first kappa shape index (κ1) is 16.9. The Labute approximate surface area is 122 Å². The topological polar surface area (TPSA) is 52.7 Å². The lowest BCUT2D eigenvalue weighted by Gasteiger charge is -2.26. The highest BCUT2D eigenvalue weighted by atomic mass is 32.2. The molecule has 1 aromatic rings. The third-order valence-electron chi connectivity index (χ3n) is 3.21. The average molecular weight is 299 g/mol. The molecule has 0 aliphatic carbocycles. The minimum Gasteiger partial charge on any atom is -0.320 e. The molecule has 0 aliphatic heterocycles. The van der Waals surface area contributed by atoms with E-state index in [-0.39, 0.29) is 0 Å². The molecule has 0 fully saturated rings. The molecule has 0 atom stereocenters. The van der Waals surface area contributed by atoms with Gasteiger partial charge in [0.25, 0.3) is 0 Å². The largest absolute Gasteiger partial charge is 0.320 e. The van der Waals surface area contributed by atoms with Crippen LogP contribution in [0.25, 0.3) is 0 Å². The molecule has 0 spiro atoms. The first-order valence-electron chi connectivity index (χ1n) is 6.72. The van der Waals surface area contributed by atoms with E-state index in [9.17, 15) is 8.42 Å². The highest BCUT2D eigenvalue weighted by Crippen LogP contribution is 2.21. The summed E-state index contributed by atoms with van der Waals surface area (Å²) in [5.41, 5.74) is 2.81. The Morgan fingerprint density at radius 3 is 2.15 bits per heavy atom. The highest BCUT2D eigenvalue weighted by molar-refractivity contribution is 7.90. The SMILES string of the molecule is CNCCCN(C)S(=O)(=O)N(C)c1cc(C)cc(C)c1. The number of aryl methyl sites for hydroxylation is 2. The molecule has 0 radical (unpaired) electrons. The van der Waals surface area contributed by atoms with Crippen molar-refractivity contribution in [1.82, 2.24) is 9.62 Å². The summed E-state index contributed by atoms with van der Waals surface area (Å²) in [6.45, 7) is 5.23. The van der Waals surface area contributed by atoms with E-state index in [2.05, 4.69) is 5.32 Å². The normalized spacial score (nSPS) is 11.9. The van der Waals surface area contributed by atoms with Gasteiger partial charge in [0.05, 0.1) is 5.69 Å². The maximum atomic E-state index is 12.5. The summed E-state index contributed by atoms with van der Waals surface area (Å²) in [7, 11) is 1.60. The van der Waals surface area contributed by atoms with E-state index < -0.39 is 10.2 Å². The zero-order chi connectivity index (χ0) is 15.3. The lowest BCUT2D eigenvalue weighted by molar-refractivity contribution is 0.457. The van der Waals surface area contributed by atoms with Gasteiger partial charge in [-0.25, -0.2) is 0 Å². The Morgan fingerprint density at radius 1 is 1.10 bits per heavy atom. The maximum absolute atomic E-state index is 12.5. The lowest BCUT2D eigenvalue weighted by atomic mass is 10.1. The summed E-state index contributed by atoms with van der Waals surface area (Å²) in [6.07, 6.45) is 0.785. The van der Waals surface area contributed by atoms with Crippen molar-refractivity contribution in [3.8, 4) is 0 Å². The third kappa shape index (κ3) is 4.19. The molecule has 0 amide bonds. The summed E-state index contributed by atoms with van der Waals surface area (Å²) in [6, 6.07) is 5.79. The van der Waals surface area contributed by atoms with E-state index in [0.717, 1.165) is 24.1 Å². The van der Waals surface area contributed by atoms with Gasteiger partial charge in [0.15, 0.2) is 0 Å². The molecule has 5 nitrogen and oxygen atoms in total. The van der Waals surface area contributed by atoms with Gasteiger partial charge in [-0.15, -0.1) is 0 Å². The molecular weight excluding hydrogens is 274 g/mol. The van der Waals surface area contributed by atoms with Crippen molar-refractivity contribution in [2.75, 3.05) is 38.5 Å². The fourth-order valence-corrected chi connectivity index (χ4v) is 3.22. The minimum atomic E-state index is -3.47. The molecular formula is C14H25N3O2S. The molecule has 1 rings (SSSR count). The number of benzene rings is 1. The lowest BCUT2D eigenvalue weighted by Crippen LogP contribution is -2.40. The molecule has 0 aliphatic rings. The van der Waals surface area contributed by atoms with Gasteiger partial charge in [0.2, 0.25) is 0 Å². The molecule has 0 aromatic heterocycles. The van der Waals surface area contributed by atoms with Crippen LogP contribution in [0.5, 0.6) is 0 Å². The van der Waals surface area contributed by atoms with Gasteiger partial charge in [-0.2, -0.15) is 12.7 Å². The van der Waals surface area contributed by atoms with E-state index in [4.69, 9.17) is 0 Å². The summed E-state index contributed by atoms with van der Waals surface area (Å²) in [4.78, 5) is 0. The van der Waals surface area contributed by atoms with Gasteiger partial charge < -0.3 is 5.32 Å². The quantitative estimate of drug-likeness (QED) is 0.777. The zero-order valence-corrected chi connectivity index (χ0v) is 13.8. The fourth-order valence-electron chi connectivity index (χ4n) is 2.07. The van der Waals surface area contributed by atoms with E-state index >= 15 is 0 Å². The number of nitrogens with one attached hydrogen (secondary N) is 1. The Balaban J connectivity index is 2.90. The van der Waals surface area contributed by atoms with Crippen molar-refractivity contribution in [3.05, 3.63) is 29.3 Å². The molecule has 0 saturated heterocycles. The van der Waals surface area contributed by atoms with Crippen LogP contribution in [0.4, 0.5) is 5.69 Å². The minimum absolute atomic E-state index is 0.498. The average Bonchev–Trinajstić information content (AvgIpc) is 2.36. The smallest absolute Gasteiger partial charge is 0.303 e. The molecule has 20 heavy (non-hydrogen) atoms. The monoisotopic (exact) mass is 299 g/mol. The first-order valence-corrected chi connectivity index (χ1v) is 8.12. The predicted molar refractivity (Wildman–Crippen MR) is 84.4 cm³/mol. The van der Waals surface area contributed by atoms with Crippen LogP contribution in [0.3, 0.4) is 0 Å². The van der Waals surface area contributed by atoms with Crippen molar-refractivity contribution in [2.24, 2.45) is 0 Å². The molecule has 0 heterocycles. The zero-order valence-electron chi connectivity index (χ0n) is 13.0. The van der Waals surface area contributed by atoms with E-state index in [0.29, 0.717) is 12.2 Å². The standard InChI is InChI=1S/C14H25N3O2S/c1-12-9-13(2)11-14(10-12)17(5)20(18,19)16(4)8-6-7-15-3/h9-11,15H,6-8H2,1-5H3. The van der Waals surface area contributed by atoms with Crippen LogP contribution in [0, 0.1) is 13.8 Å². The third-order valence-corrected chi connectivity index (χ3v) is 5.08. The number of nitrogens with zero attached hydrogens (tertiary/aromatic N) is 2. The molecule has 0 bridgehead atoms. The number of hydrogen-bond donors (Lipinski definition) is 1. The van der Waals surface area contributed by atoms with Crippen molar-refractivity contribution in [3.63, 3.8) is 0 Å². The van der Waals surface area contributed by atoms with E-state index in [1.807, 2.05) is 39.1 Å². The van der Waals surface area contributed by atoms with Crippen LogP contribution in [0.2, 0.25) is 0 Å². The summed E-state index contributed by atoms with van der Waals surface area (Å²) >= 11 is 0. The van der Waals surface area contributed by atoms with Crippen LogP contribution in [0.15, 0.2) is 18.2 Å².